The van der Waals surface area contributed by atoms with Crippen molar-refractivity contribution in [3.63, 3.8) is 0 Å². The van der Waals surface area contributed by atoms with Crippen LogP contribution in [0.5, 0.6) is 0 Å². The molecule has 2 aromatic rings. The second kappa shape index (κ2) is 10.0. The van der Waals surface area contributed by atoms with Crippen molar-refractivity contribution in [2.45, 2.75) is 32.5 Å². The quantitative estimate of drug-likeness (QED) is 0.578. The van der Waals surface area contributed by atoms with E-state index < -0.39 is 0 Å². The molecule has 27 heavy (non-hydrogen) atoms. The second-order valence-electron chi connectivity index (χ2n) is 6.94. The van der Waals surface area contributed by atoms with Crippen LogP contribution in [0.15, 0.2) is 53.7 Å². The Bertz CT molecular complexity index is 734. The Labute approximate surface area is 161 Å². The fourth-order valence-corrected chi connectivity index (χ4v) is 3.22. The molecule has 1 aliphatic heterocycles. The van der Waals surface area contributed by atoms with Gasteiger partial charge in [0, 0.05) is 44.5 Å². The summed E-state index contributed by atoms with van der Waals surface area (Å²) < 4.78 is 5.61. The van der Waals surface area contributed by atoms with Crippen LogP contribution in [0.1, 0.15) is 23.7 Å². The van der Waals surface area contributed by atoms with Gasteiger partial charge in [-0.15, -0.1) is 0 Å². The highest BCUT2D eigenvalue weighted by atomic mass is 16.5. The van der Waals surface area contributed by atoms with Gasteiger partial charge >= 0.3 is 0 Å². The first-order valence-electron chi connectivity index (χ1n) is 9.54. The molecule has 0 saturated carbocycles. The Balaban J connectivity index is 1.46. The number of rotatable bonds is 7. The summed E-state index contributed by atoms with van der Waals surface area (Å²) in [5.41, 5.74) is 9.50. The molecule has 0 radical (unpaired) electrons. The van der Waals surface area contributed by atoms with E-state index in [-0.39, 0.29) is 0 Å². The molecule has 0 bridgehead atoms. The first kappa shape index (κ1) is 19.3. The van der Waals surface area contributed by atoms with Crippen LogP contribution in [0.3, 0.4) is 0 Å². The number of benzene rings is 1. The van der Waals surface area contributed by atoms with Crippen molar-refractivity contribution in [2.24, 2.45) is 10.7 Å². The molecule has 1 aliphatic rings. The van der Waals surface area contributed by atoms with Crippen molar-refractivity contribution in [2.75, 3.05) is 26.2 Å². The molecule has 1 aromatic carbocycles. The van der Waals surface area contributed by atoms with Gasteiger partial charge in [-0.2, -0.15) is 0 Å². The minimum atomic E-state index is 0.309. The smallest absolute Gasteiger partial charge is 0.188 e. The van der Waals surface area contributed by atoms with E-state index in [4.69, 9.17) is 10.5 Å². The number of ether oxygens (including phenoxy) is 1. The lowest BCUT2D eigenvalue weighted by Crippen LogP contribution is -2.40. The summed E-state index contributed by atoms with van der Waals surface area (Å²) in [4.78, 5) is 11.2. The third-order valence-corrected chi connectivity index (χ3v) is 4.57. The third-order valence-electron chi connectivity index (χ3n) is 4.57. The van der Waals surface area contributed by atoms with Gasteiger partial charge in [0.05, 0.1) is 19.3 Å². The number of guanidine groups is 1. The molecule has 6 nitrogen and oxygen atoms in total. The molecule has 0 aliphatic carbocycles. The highest BCUT2D eigenvalue weighted by molar-refractivity contribution is 5.77. The Kier molecular flexibility index (Phi) is 7.19. The maximum atomic E-state index is 5.98. The summed E-state index contributed by atoms with van der Waals surface area (Å²) in [6, 6.07) is 14.5. The van der Waals surface area contributed by atoms with Gasteiger partial charge in [0.15, 0.2) is 5.96 Å². The molecule has 2 heterocycles. The first-order valence-corrected chi connectivity index (χ1v) is 9.54. The molecule has 1 atom stereocenters. The molecule has 3 rings (SSSR count). The number of aliphatic imine (C=N–C) groups is 1. The number of hydrogen-bond acceptors (Lipinski definition) is 4. The second-order valence-corrected chi connectivity index (χ2v) is 6.94. The van der Waals surface area contributed by atoms with E-state index >= 15 is 0 Å². The molecular weight excluding hydrogens is 338 g/mol. The van der Waals surface area contributed by atoms with Crippen LogP contribution in [0.4, 0.5) is 0 Å². The van der Waals surface area contributed by atoms with E-state index in [2.05, 4.69) is 51.4 Å². The molecule has 6 heteroatoms. The van der Waals surface area contributed by atoms with Gasteiger partial charge in [-0.25, -0.2) is 4.99 Å². The zero-order valence-corrected chi connectivity index (χ0v) is 16.0. The molecule has 0 amide bonds. The summed E-state index contributed by atoms with van der Waals surface area (Å²) in [7, 11) is 0. The number of aromatic nitrogens is 1. The average Bonchev–Trinajstić information content (AvgIpc) is 2.68. The van der Waals surface area contributed by atoms with Gasteiger partial charge in [0.25, 0.3) is 0 Å². The molecule has 1 unspecified atom stereocenters. The molecular formula is C21H29N5O. The van der Waals surface area contributed by atoms with Crippen molar-refractivity contribution in [3.05, 3.63) is 65.5 Å². The predicted octanol–water partition coefficient (Wildman–Crippen LogP) is 1.95. The summed E-state index contributed by atoms with van der Waals surface area (Å²) in [6.45, 7) is 7.16. The maximum Gasteiger partial charge on any atom is 0.188 e. The number of nitrogens with one attached hydrogen (secondary N) is 1. The number of hydrogen-bond donors (Lipinski definition) is 2. The highest BCUT2D eigenvalue weighted by Gasteiger charge is 2.16. The summed E-state index contributed by atoms with van der Waals surface area (Å²) in [5.74, 6) is 0.471. The third kappa shape index (κ3) is 6.66. The predicted molar refractivity (Wildman–Crippen MR) is 108 cm³/mol. The number of pyridine rings is 1. The summed E-state index contributed by atoms with van der Waals surface area (Å²) in [6.07, 6.45) is 2.94. The van der Waals surface area contributed by atoms with Crippen molar-refractivity contribution < 1.29 is 4.74 Å². The van der Waals surface area contributed by atoms with Gasteiger partial charge in [0.1, 0.15) is 0 Å². The van der Waals surface area contributed by atoms with Crippen LogP contribution in [0.25, 0.3) is 0 Å². The molecule has 1 aromatic heterocycles. The largest absolute Gasteiger partial charge is 0.376 e. The first-order chi connectivity index (χ1) is 13.2. The van der Waals surface area contributed by atoms with E-state index in [9.17, 15) is 0 Å². The highest BCUT2D eigenvalue weighted by Crippen LogP contribution is 2.12. The lowest BCUT2D eigenvalue weighted by molar-refractivity contribution is -0.0212. The van der Waals surface area contributed by atoms with Crippen LogP contribution in [-0.4, -0.2) is 48.2 Å². The van der Waals surface area contributed by atoms with Gasteiger partial charge in [-0.3, -0.25) is 9.88 Å². The lowest BCUT2D eigenvalue weighted by atomic mass is 10.1. The Morgan fingerprint density at radius 3 is 3.00 bits per heavy atom. The average molecular weight is 367 g/mol. The van der Waals surface area contributed by atoms with E-state index in [0.29, 0.717) is 18.6 Å². The molecule has 3 N–H and O–H groups in total. The number of nitrogens with zero attached hydrogens (tertiary/aromatic N) is 3. The molecule has 1 fully saturated rings. The van der Waals surface area contributed by atoms with Crippen LogP contribution in [0, 0.1) is 0 Å². The van der Waals surface area contributed by atoms with Gasteiger partial charge in [-0.1, -0.05) is 30.3 Å². The normalized spacial score (nSPS) is 18.4. The van der Waals surface area contributed by atoms with Gasteiger partial charge in [0.2, 0.25) is 0 Å². The van der Waals surface area contributed by atoms with E-state index in [1.807, 2.05) is 18.2 Å². The Hall–Kier alpha value is -2.44. The molecule has 144 valence electrons. The van der Waals surface area contributed by atoms with E-state index in [0.717, 1.165) is 44.9 Å². The molecule has 1 saturated heterocycles. The summed E-state index contributed by atoms with van der Waals surface area (Å²) in [5, 5.41) is 3.15. The maximum absolute atomic E-state index is 5.98. The van der Waals surface area contributed by atoms with Crippen LogP contribution >= 0.6 is 0 Å². The Morgan fingerprint density at radius 2 is 2.19 bits per heavy atom. The Morgan fingerprint density at radius 1 is 1.30 bits per heavy atom. The van der Waals surface area contributed by atoms with E-state index in [1.54, 1.807) is 6.20 Å². The monoisotopic (exact) mass is 367 g/mol. The lowest BCUT2D eigenvalue weighted by Gasteiger charge is -2.31. The van der Waals surface area contributed by atoms with Crippen molar-refractivity contribution in [3.8, 4) is 0 Å². The number of nitrogens with two attached hydrogens (primary N) is 1. The SMILES string of the molecule is CC1CN(Cc2cccc(CN=C(N)NCCc3ccccn3)c2)CCO1. The zero-order chi connectivity index (χ0) is 18.9. The van der Waals surface area contributed by atoms with Crippen molar-refractivity contribution >= 4 is 5.96 Å². The van der Waals surface area contributed by atoms with Crippen molar-refractivity contribution in [1.82, 2.24) is 15.2 Å². The van der Waals surface area contributed by atoms with Crippen LogP contribution in [0.2, 0.25) is 0 Å². The van der Waals surface area contributed by atoms with Gasteiger partial charge < -0.3 is 15.8 Å². The fourth-order valence-electron chi connectivity index (χ4n) is 3.22. The van der Waals surface area contributed by atoms with Crippen molar-refractivity contribution in [1.29, 1.82) is 0 Å². The topological polar surface area (TPSA) is 75.8 Å². The van der Waals surface area contributed by atoms with Crippen LogP contribution in [-0.2, 0) is 24.2 Å². The standard InChI is InChI=1S/C21H29N5O/c1-17-15-26(11-12-27-17)16-19-6-4-5-18(13-19)14-25-21(22)24-10-8-20-7-2-3-9-23-20/h2-7,9,13,17H,8,10-12,14-16H2,1H3,(H3,22,24,25). The fraction of sp³-hybridized carbons (Fsp3) is 0.429. The minimum absolute atomic E-state index is 0.309. The van der Waals surface area contributed by atoms with Gasteiger partial charge in [-0.05, 0) is 30.2 Å². The summed E-state index contributed by atoms with van der Waals surface area (Å²) >= 11 is 0. The minimum Gasteiger partial charge on any atom is -0.376 e. The zero-order valence-electron chi connectivity index (χ0n) is 16.0. The number of morpholine rings is 1. The van der Waals surface area contributed by atoms with E-state index in [1.165, 1.54) is 11.1 Å². The van der Waals surface area contributed by atoms with Crippen LogP contribution < -0.4 is 11.1 Å². The molecule has 0 spiro atoms.